The molecule has 0 saturated carbocycles. The van der Waals surface area contributed by atoms with Gasteiger partial charge in [0.1, 0.15) is 42.7 Å². The standard InChI is InChI=1S/C16H25N5O16P2.Na/c17-16-19-12-6(13(28)20-16)18-3-21(12)14-10(26)8(24)5(34-14)2-33-38(29,30)37-39(31,32)36-15-11(27)9(25)7(23)4(1-22)35-15;/h3-5,7-11,14-15,22-27H,1-2H2,(H,29,30)(H,31,32)(H3,17,19,20,28);/t4-,5-,7-,8-,9+,10-,11+,14-,15-;/m1./s1. The topological polar surface area (TPSA) is 332 Å². The number of phosphoric ester groups is 2. The van der Waals surface area contributed by atoms with E-state index in [4.69, 9.17) is 20.3 Å². The number of H-pyrrole nitrogens is 1. The maximum Gasteiger partial charge on any atom is 0.483 e. The summed E-state index contributed by atoms with van der Waals surface area (Å²) in [5.41, 5.74) is 4.54. The van der Waals surface area contributed by atoms with Gasteiger partial charge in [-0.3, -0.25) is 23.4 Å². The number of aliphatic hydroxyl groups is 6. The van der Waals surface area contributed by atoms with Crippen molar-refractivity contribution in [2.75, 3.05) is 18.9 Å². The monoisotopic (exact) mass is 628 g/mol. The zero-order chi connectivity index (χ0) is 28.9. The van der Waals surface area contributed by atoms with Gasteiger partial charge in [0.2, 0.25) is 5.95 Å². The Bertz CT molecular complexity index is 1340. The van der Waals surface area contributed by atoms with Crippen molar-refractivity contribution in [2.45, 2.75) is 55.2 Å². The maximum atomic E-state index is 12.3. The molecule has 11 atom stereocenters. The number of hydrogen-bond acceptors (Lipinski definition) is 17. The van der Waals surface area contributed by atoms with Crippen molar-refractivity contribution in [3.05, 3.63) is 16.7 Å². The third kappa shape index (κ3) is 7.00. The van der Waals surface area contributed by atoms with E-state index in [1.54, 1.807) is 0 Å². The Morgan fingerprint density at radius 1 is 1.00 bits per heavy atom. The average molecular weight is 628 g/mol. The van der Waals surface area contributed by atoms with Gasteiger partial charge in [-0.25, -0.2) is 14.1 Å². The van der Waals surface area contributed by atoms with Crippen LogP contribution in [0.25, 0.3) is 11.2 Å². The second kappa shape index (κ2) is 12.8. The molecule has 4 rings (SSSR count). The Morgan fingerprint density at radius 2 is 1.65 bits per heavy atom. The molecule has 2 aromatic heterocycles. The van der Waals surface area contributed by atoms with Gasteiger partial charge >= 0.3 is 15.6 Å². The van der Waals surface area contributed by atoms with E-state index in [9.17, 15) is 49.2 Å². The summed E-state index contributed by atoms with van der Waals surface area (Å²) in [5, 5.41) is 59.2. The molecule has 1 radical (unpaired) electrons. The largest absolute Gasteiger partial charge is 0.483 e. The fourth-order valence-corrected chi connectivity index (χ4v) is 6.01. The van der Waals surface area contributed by atoms with Crippen LogP contribution >= 0.6 is 15.6 Å². The van der Waals surface area contributed by atoms with E-state index >= 15 is 0 Å². The summed E-state index contributed by atoms with van der Waals surface area (Å²) in [5.74, 6) is -0.278. The van der Waals surface area contributed by atoms with E-state index in [0.717, 1.165) is 10.9 Å². The van der Waals surface area contributed by atoms with E-state index in [1.807, 2.05) is 0 Å². The van der Waals surface area contributed by atoms with Crippen LogP contribution in [0.4, 0.5) is 5.95 Å². The van der Waals surface area contributed by atoms with Crippen LogP contribution in [0.3, 0.4) is 0 Å². The van der Waals surface area contributed by atoms with Gasteiger partial charge in [0.15, 0.2) is 23.7 Å². The van der Waals surface area contributed by atoms with Crippen LogP contribution in [0.15, 0.2) is 11.1 Å². The molecule has 24 heteroatoms. The van der Waals surface area contributed by atoms with Crippen LogP contribution in [0.2, 0.25) is 0 Å². The number of aromatic nitrogens is 4. The minimum Gasteiger partial charge on any atom is -0.394 e. The predicted molar refractivity (Wildman–Crippen MR) is 126 cm³/mol. The molecular weight excluding hydrogens is 603 g/mol. The van der Waals surface area contributed by atoms with Gasteiger partial charge in [0.25, 0.3) is 5.56 Å². The molecule has 0 amide bonds. The normalized spacial score (nSPS) is 35.6. The number of imidazole rings is 1. The Labute approximate surface area is 244 Å². The quantitative estimate of drug-likeness (QED) is 0.0917. The molecule has 0 aliphatic carbocycles. The summed E-state index contributed by atoms with van der Waals surface area (Å²) in [6.07, 6.45) is -15.0. The number of aromatic amines is 1. The maximum absolute atomic E-state index is 12.3. The average Bonchev–Trinajstić information content (AvgIpc) is 3.38. The van der Waals surface area contributed by atoms with E-state index < -0.39 is 89.7 Å². The van der Waals surface area contributed by atoms with Gasteiger partial charge in [-0.15, -0.1) is 0 Å². The number of hydrogen-bond donors (Lipinski definition) is 10. The SMILES string of the molecule is Nc1nc2c(ncn2[C@@H]2O[C@H](COP(=O)(O)OP(=O)(O)O[C@H]3O[C@H](CO)[C@@H](O)[C@H](O)[C@@H]3O)[C@@H](O)[C@H]2O)c(=O)[nH]1.[Na]. The number of nitrogen functional groups attached to an aromatic ring is 1. The summed E-state index contributed by atoms with van der Waals surface area (Å²) >= 11 is 0. The molecule has 2 aromatic rings. The van der Waals surface area contributed by atoms with Crippen molar-refractivity contribution >= 4 is 62.3 Å². The van der Waals surface area contributed by atoms with E-state index in [-0.39, 0.29) is 46.7 Å². The Hall–Kier alpha value is -0.910. The van der Waals surface area contributed by atoms with Crippen LogP contribution in [0.1, 0.15) is 6.23 Å². The fourth-order valence-electron chi connectivity index (χ4n) is 3.85. The zero-order valence-electron chi connectivity index (χ0n) is 20.3. The van der Waals surface area contributed by atoms with Crippen LogP contribution < -0.4 is 11.3 Å². The molecule has 21 nitrogen and oxygen atoms in total. The number of rotatable bonds is 9. The van der Waals surface area contributed by atoms with Crippen molar-refractivity contribution < 1.29 is 72.4 Å². The molecule has 2 unspecified atom stereocenters. The van der Waals surface area contributed by atoms with Gasteiger partial charge in [0, 0.05) is 29.6 Å². The number of phosphoric acid groups is 2. The molecule has 2 aliphatic heterocycles. The number of nitrogens with two attached hydrogens (primary N) is 1. The molecule has 40 heavy (non-hydrogen) atoms. The first kappa shape index (κ1) is 33.6. The van der Waals surface area contributed by atoms with Crippen molar-refractivity contribution in [2.24, 2.45) is 0 Å². The minimum atomic E-state index is -5.60. The fraction of sp³-hybridized carbons (Fsp3) is 0.688. The van der Waals surface area contributed by atoms with E-state index in [2.05, 4.69) is 28.3 Å². The number of fused-ring (bicyclic) bond motifs is 1. The minimum absolute atomic E-state index is 0. The third-order valence-corrected chi connectivity index (χ3v) is 8.36. The van der Waals surface area contributed by atoms with Gasteiger partial charge in [-0.2, -0.15) is 9.29 Å². The van der Waals surface area contributed by atoms with Gasteiger partial charge in [-0.1, -0.05) is 0 Å². The summed E-state index contributed by atoms with van der Waals surface area (Å²) in [7, 11) is -11.1. The molecule has 2 aliphatic rings. The molecule has 2 saturated heterocycles. The van der Waals surface area contributed by atoms with E-state index in [0.29, 0.717) is 0 Å². The Morgan fingerprint density at radius 3 is 2.30 bits per heavy atom. The summed E-state index contributed by atoms with van der Waals surface area (Å²) in [6.45, 7) is -1.89. The first-order chi connectivity index (χ1) is 18.1. The smallest absolute Gasteiger partial charge is 0.394 e. The molecule has 11 N–H and O–H groups in total. The first-order valence-electron chi connectivity index (χ1n) is 10.9. The van der Waals surface area contributed by atoms with Crippen molar-refractivity contribution in [1.29, 1.82) is 0 Å². The molecule has 0 aromatic carbocycles. The second-order valence-electron chi connectivity index (χ2n) is 8.44. The zero-order valence-corrected chi connectivity index (χ0v) is 24.1. The summed E-state index contributed by atoms with van der Waals surface area (Å²) in [6, 6.07) is 0. The molecule has 2 fully saturated rings. The number of ether oxygens (including phenoxy) is 2. The number of nitrogens with zero attached hydrogens (tertiary/aromatic N) is 3. The molecule has 4 heterocycles. The van der Waals surface area contributed by atoms with Crippen LogP contribution in [-0.4, -0.2) is 152 Å². The molecule has 0 spiro atoms. The second-order valence-corrected chi connectivity index (χ2v) is 11.4. The number of aliphatic hydroxyl groups excluding tert-OH is 6. The Balaban J connectivity index is 0.00000441. The number of anilines is 1. The first-order valence-corrected chi connectivity index (χ1v) is 13.9. The van der Waals surface area contributed by atoms with Crippen LogP contribution in [0.5, 0.6) is 0 Å². The summed E-state index contributed by atoms with van der Waals surface area (Å²) < 4.78 is 49.1. The summed E-state index contributed by atoms with van der Waals surface area (Å²) in [4.78, 5) is 41.7. The van der Waals surface area contributed by atoms with Crippen LogP contribution in [-0.2, 0) is 32.0 Å². The van der Waals surface area contributed by atoms with Crippen molar-refractivity contribution in [3.8, 4) is 0 Å². The molecule has 0 bridgehead atoms. The predicted octanol–water partition coefficient (Wildman–Crippen LogP) is -5.01. The van der Waals surface area contributed by atoms with Gasteiger partial charge in [0.05, 0.1) is 19.5 Å². The van der Waals surface area contributed by atoms with Crippen LogP contribution in [0, 0.1) is 0 Å². The van der Waals surface area contributed by atoms with E-state index in [1.165, 1.54) is 0 Å². The third-order valence-electron chi connectivity index (χ3n) is 5.76. The molecule has 221 valence electrons. The molecular formula is C16H25N5NaO16P2. The van der Waals surface area contributed by atoms with Gasteiger partial charge in [-0.05, 0) is 0 Å². The van der Waals surface area contributed by atoms with Crippen molar-refractivity contribution in [1.82, 2.24) is 19.5 Å². The Kier molecular flexibility index (Phi) is 10.7. The van der Waals surface area contributed by atoms with Crippen molar-refractivity contribution in [3.63, 3.8) is 0 Å². The van der Waals surface area contributed by atoms with Gasteiger partial charge < -0.3 is 55.6 Å². The number of nitrogens with one attached hydrogen (secondary N) is 1.